The highest BCUT2D eigenvalue weighted by atomic mass is 35.5. The number of halogens is 1. The van der Waals surface area contributed by atoms with Crippen molar-refractivity contribution in [1.29, 1.82) is 5.26 Å². The van der Waals surface area contributed by atoms with Crippen LogP contribution in [0, 0.1) is 18.3 Å². The summed E-state index contributed by atoms with van der Waals surface area (Å²) in [5.41, 5.74) is 2.02. The minimum Gasteiger partial charge on any atom is -0.325 e. The highest BCUT2D eigenvalue weighted by molar-refractivity contribution is 6.31. The van der Waals surface area contributed by atoms with E-state index in [0.29, 0.717) is 27.5 Å². The van der Waals surface area contributed by atoms with Crippen molar-refractivity contribution in [2.45, 2.75) is 13.5 Å². The number of hydrogen-bond donors (Lipinski definition) is 1. The summed E-state index contributed by atoms with van der Waals surface area (Å²) in [4.78, 5) is 35.0. The van der Waals surface area contributed by atoms with Gasteiger partial charge in [-0.1, -0.05) is 11.6 Å². The molecule has 0 aliphatic carbocycles. The Morgan fingerprint density at radius 3 is 2.72 bits per heavy atom. The largest absolute Gasteiger partial charge is 0.359 e. The van der Waals surface area contributed by atoms with Gasteiger partial charge in [0.1, 0.15) is 0 Å². The first-order valence-corrected chi connectivity index (χ1v) is 11.2. The van der Waals surface area contributed by atoms with Crippen LogP contribution in [0.1, 0.15) is 16.7 Å². The molecule has 0 unspecified atom stereocenters. The van der Waals surface area contributed by atoms with Crippen LogP contribution < -0.4 is 16.7 Å². The summed E-state index contributed by atoms with van der Waals surface area (Å²) in [7, 11) is 1.82. The van der Waals surface area contributed by atoms with E-state index in [9.17, 15) is 14.9 Å². The molecule has 0 amide bonds. The van der Waals surface area contributed by atoms with Crippen LogP contribution in [-0.4, -0.2) is 28.9 Å². The number of nitrogens with zero attached hydrogens (tertiary/aromatic N) is 7. The van der Waals surface area contributed by atoms with E-state index < -0.39 is 11.4 Å². The maximum Gasteiger partial charge on any atom is 0.359 e. The monoisotopic (exact) mass is 498 g/mol. The summed E-state index contributed by atoms with van der Waals surface area (Å²) in [5, 5.41) is 18.0. The number of nitrogens with one attached hydrogen (secondary N) is 1. The summed E-state index contributed by atoms with van der Waals surface area (Å²) in [6, 6.07) is 14.0. The predicted octanol–water partition coefficient (Wildman–Crippen LogP) is 3.30. The number of benzene rings is 2. The number of aromatic nitrogens is 6. The normalized spacial score (nSPS) is 10.9. The lowest BCUT2D eigenvalue weighted by atomic mass is 10.1. The second-order valence-corrected chi connectivity index (χ2v) is 8.67. The minimum atomic E-state index is -0.759. The van der Waals surface area contributed by atoms with Gasteiger partial charge in [0.2, 0.25) is 5.95 Å². The third-order valence-corrected chi connectivity index (χ3v) is 5.94. The van der Waals surface area contributed by atoms with E-state index in [1.807, 2.05) is 32.3 Å². The lowest BCUT2D eigenvalue weighted by Gasteiger charge is -2.16. The number of aryl methyl sites for hydroxylation is 2. The predicted molar refractivity (Wildman–Crippen MR) is 136 cm³/mol. The average Bonchev–Trinajstić information content (AvgIpc) is 3.22. The molecular weight excluding hydrogens is 480 g/mol. The molecule has 0 saturated carbocycles. The van der Waals surface area contributed by atoms with E-state index in [1.54, 1.807) is 41.2 Å². The highest BCUT2D eigenvalue weighted by Gasteiger charge is 2.17. The molecular formula is C25H19ClN8O2. The molecule has 3 heterocycles. The first-order chi connectivity index (χ1) is 17.3. The van der Waals surface area contributed by atoms with Crippen LogP contribution in [0.2, 0.25) is 5.02 Å². The molecule has 0 saturated heterocycles. The molecule has 10 nitrogen and oxygen atoms in total. The second-order valence-electron chi connectivity index (χ2n) is 8.26. The van der Waals surface area contributed by atoms with E-state index >= 15 is 0 Å². The molecule has 5 rings (SSSR count). The molecule has 3 aromatic heterocycles. The van der Waals surface area contributed by atoms with Crippen LogP contribution in [0.25, 0.3) is 16.6 Å². The maximum atomic E-state index is 13.7. The van der Waals surface area contributed by atoms with E-state index in [2.05, 4.69) is 26.5 Å². The third kappa shape index (κ3) is 4.35. The molecule has 1 N–H and O–H groups in total. The van der Waals surface area contributed by atoms with Gasteiger partial charge in [-0.15, -0.1) is 0 Å². The van der Waals surface area contributed by atoms with Crippen molar-refractivity contribution in [1.82, 2.24) is 28.9 Å². The Balaban J connectivity index is 1.68. The molecule has 2 aromatic carbocycles. The van der Waals surface area contributed by atoms with Crippen molar-refractivity contribution in [3.05, 3.63) is 104 Å². The van der Waals surface area contributed by atoms with Gasteiger partial charge in [-0.05, 0) is 60.5 Å². The Bertz CT molecular complexity index is 1800. The molecule has 0 fully saturated rings. The van der Waals surface area contributed by atoms with Crippen LogP contribution >= 0.6 is 11.6 Å². The van der Waals surface area contributed by atoms with Gasteiger partial charge in [-0.2, -0.15) is 15.3 Å². The van der Waals surface area contributed by atoms with Crippen LogP contribution in [0.4, 0.5) is 11.6 Å². The summed E-state index contributed by atoms with van der Waals surface area (Å²) in [6.45, 7) is 1.78. The Hall–Kier alpha value is -4.75. The van der Waals surface area contributed by atoms with Crippen molar-refractivity contribution >= 4 is 34.1 Å². The standard InChI is InChI=1S/C25H19ClN8O2/c1-15-7-20(12-28-11-15)34-24(35)30-23(29-19-4-6-22-18(9-19)13-32(2)31-22)33(25(34)36)14-17-8-16(10-27)3-5-21(17)26/h3-9,11-13H,14H2,1-2H3,(H,29,30,35). The van der Waals surface area contributed by atoms with E-state index in [4.69, 9.17) is 11.6 Å². The number of pyridine rings is 1. The zero-order valence-electron chi connectivity index (χ0n) is 19.3. The Morgan fingerprint density at radius 1 is 1.11 bits per heavy atom. The van der Waals surface area contributed by atoms with Gasteiger partial charge in [0.05, 0.1) is 35.6 Å². The highest BCUT2D eigenvalue weighted by Crippen LogP contribution is 2.22. The Morgan fingerprint density at radius 2 is 1.94 bits per heavy atom. The molecule has 5 aromatic rings. The van der Waals surface area contributed by atoms with Crippen molar-refractivity contribution < 1.29 is 0 Å². The third-order valence-electron chi connectivity index (χ3n) is 5.57. The molecule has 0 aliphatic rings. The summed E-state index contributed by atoms with van der Waals surface area (Å²) in [6.07, 6.45) is 4.91. The van der Waals surface area contributed by atoms with Crippen LogP contribution in [0.3, 0.4) is 0 Å². The van der Waals surface area contributed by atoms with Gasteiger partial charge in [0.25, 0.3) is 0 Å². The summed E-state index contributed by atoms with van der Waals surface area (Å²) in [5.74, 6) is 0.0310. The smallest absolute Gasteiger partial charge is 0.325 e. The summed E-state index contributed by atoms with van der Waals surface area (Å²) < 4.78 is 3.96. The molecule has 0 spiro atoms. The summed E-state index contributed by atoms with van der Waals surface area (Å²) >= 11 is 6.39. The Labute approximate surface area is 209 Å². The van der Waals surface area contributed by atoms with Crippen molar-refractivity contribution in [3.8, 4) is 11.8 Å². The number of fused-ring (bicyclic) bond motifs is 1. The van der Waals surface area contributed by atoms with Crippen LogP contribution in [-0.2, 0) is 13.6 Å². The van der Waals surface area contributed by atoms with Gasteiger partial charge in [-0.25, -0.2) is 14.2 Å². The molecule has 36 heavy (non-hydrogen) atoms. The number of rotatable bonds is 5. The van der Waals surface area contributed by atoms with Gasteiger partial charge in [0, 0.05) is 35.5 Å². The van der Waals surface area contributed by atoms with Gasteiger partial charge >= 0.3 is 11.4 Å². The fourth-order valence-corrected chi connectivity index (χ4v) is 4.08. The second kappa shape index (κ2) is 9.13. The molecule has 0 atom stereocenters. The SMILES string of the molecule is Cc1cncc(-n2c(=O)nc(Nc3ccc4nn(C)cc4c3)n(Cc3cc(C#N)ccc3Cl)c2=O)c1. The van der Waals surface area contributed by atoms with E-state index in [-0.39, 0.29) is 12.5 Å². The lowest BCUT2D eigenvalue weighted by molar-refractivity contribution is 0.657. The first-order valence-electron chi connectivity index (χ1n) is 10.9. The van der Waals surface area contributed by atoms with Gasteiger partial charge in [0.15, 0.2) is 0 Å². The lowest BCUT2D eigenvalue weighted by Crippen LogP contribution is -2.41. The van der Waals surface area contributed by atoms with Gasteiger partial charge in [-0.3, -0.25) is 14.2 Å². The topological polar surface area (TPSA) is 123 Å². The fraction of sp³-hybridized carbons (Fsp3) is 0.120. The van der Waals surface area contributed by atoms with E-state index in [1.165, 1.54) is 10.8 Å². The molecule has 0 radical (unpaired) electrons. The van der Waals surface area contributed by atoms with Crippen LogP contribution in [0.5, 0.6) is 0 Å². The van der Waals surface area contributed by atoms with Gasteiger partial charge < -0.3 is 5.32 Å². The maximum absolute atomic E-state index is 13.7. The fourth-order valence-electron chi connectivity index (χ4n) is 3.91. The number of hydrogen-bond acceptors (Lipinski definition) is 7. The average molecular weight is 499 g/mol. The van der Waals surface area contributed by atoms with Crippen molar-refractivity contribution in [2.75, 3.05) is 5.32 Å². The minimum absolute atomic E-state index is 0.0306. The molecule has 0 aliphatic heterocycles. The molecule has 0 bridgehead atoms. The first kappa shape index (κ1) is 23.0. The van der Waals surface area contributed by atoms with E-state index in [0.717, 1.165) is 21.0 Å². The van der Waals surface area contributed by atoms with Crippen LogP contribution in [0.15, 0.2) is 70.6 Å². The van der Waals surface area contributed by atoms with Crippen molar-refractivity contribution in [2.24, 2.45) is 7.05 Å². The Kier molecular flexibility index (Phi) is 5.83. The zero-order chi connectivity index (χ0) is 25.4. The molecule has 11 heteroatoms. The number of anilines is 2. The number of nitriles is 1. The quantitative estimate of drug-likeness (QED) is 0.394. The van der Waals surface area contributed by atoms with Crippen molar-refractivity contribution in [3.63, 3.8) is 0 Å². The zero-order valence-corrected chi connectivity index (χ0v) is 20.1. The molecule has 178 valence electrons.